The highest BCUT2D eigenvalue weighted by molar-refractivity contribution is 5.73. The van der Waals surface area contributed by atoms with Crippen molar-refractivity contribution in [2.75, 3.05) is 0 Å². The van der Waals surface area contributed by atoms with Crippen LogP contribution in [0.3, 0.4) is 0 Å². The number of nitrogens with zero attached hydrogens (tertiary/aromatic N) is 2. The number of benzene rings is 1. The third kappa shape index (κ3) is 2.70. The van der Waals surface area contributed by atoms with Crippen LogP contribution >= 0.6 is 0 Å². The van der Waals surface area contributed by atoms with Gasteiger partial charge in [-0.1, -0.05) is 12.1 Å². The molecule has 0 aliphatic heterocycles. The van der Waals surface area contributed by atoms with Crippen LogP contribution in [0.25, 0.3) is 5.69 Å². The number of nitrogens with two attached hydrogens (primary N) is 1. The Balaban J connectivity index is 2.11. The van der Waals surface area contributed by atoms with E-state index in [1.165, 1.54) is 0 Å². The summed E-state index contributed by atoms with van der Waals surface area (Å²) in [6.07, 6.45) is 5.59. The molecule has 2 aromatic rings. The predicted molar refractivity (Wildman–Crippen MR) is 62.9 cm³/mol. The Kier molecular flexibility index (Phi) is 3.20. The predicted octanol–water partition coefficient (Wildman–Crippen LogP) is 0.827. The Morgan fingerprint density at radius 1 is 1.41 bits per heavy atom. The van der Waals surface area contributed by atoms with Gasteiger partial charge in [-0.2, -0.15) is 0 Å². The summed E-state index contributed by atoms with van der Waals surface area (Å²) >= 11 is 0. The lowest BCUT2D eigenvalue weighted by molar-refractivity contribution is -0.138. The molecule has 17 heavy (non-hydrogen) atoms. The van der Waals surface area contributed by atoms with Crippen molar-refractivity contribution in [2.45, 2.75) is 12.5 Å². The van der Waals surface area contributed by atoms with Gasteiger partial charge in [-0.05, 0) is 24.1 Å². The van der Waals surface area contributed by atoms with Crippen molar-refractivity contribution in [3.8, 4) is 5.69 Å². The van der Waals surface area contributed by atoms with Crippen LogP contribution in [0.2, 0.25) is 0 Å². The molecule has 0 saturated carbocycles. The maximum absolute atomic E-state index is 10.6. The van der Waals surface area contributed by atoms with Crippen molar-refractivity contribution in [3.63, 3.8) is 0 Å². The first-order valence-electron chi connectivity index (χ1n) is 5.22. The molecule has 1 aromatic heterocycles. The van der Waals surface area contributed by atoms with E-state index >= 15 is 0 Å². The maximum Gasteiger partial charge on any atom is 0.320 e. The summed E-state index contributed by atoms with van der Waals surface area (Å²) < 4.78 is 1.88. The minimum Gasteiger partial charge on any atom is -0.480 e. The molecule has 0 amide bonds. The zero-order chi connectivity index (χ0) is 12.3. The first-order chi connectivity index (χ1) is 8.16. The number of imidazole rings is 1. The van der Waals surface area contributed by atoms with Gasteiger partial charge in [0, 0.05) is 18.1 Å². The van der Waals surface area contributed by atoms with Gasteiger partial charge in [-0.25, -0.2) is 4.98 Å². The lowest BCUT2D eigenvalue weighted by Gasteiger charge is -2.07. The SMILES string of the molecule is N[C@@H](Cc1ccc(-n2ccnc2)cc1)C(=O)O. The molecule has 88 valence electrons. The van der Waals surface area contributed by atoms with E-state index in [1.807, 2.05) is 35.0 Å². The van der Waals surface area contributed by atoms with Gasteiger partial charge < -0.3 is 15.4 Å². The van der Waals surface area contributed by atoms with Crippen molar-refractivity contribution >= 4 is 5.97 Å². The van der Waals surface area contributed by atoms with Crippen LogP contribution in [0.4, 0.5) is 0 Å². The molecule has 0 radical (unpaired) electrons. The van der Waals surface area contributed by atoms with Gasteiger partial charge in [0.05, 0.1) is 6.33 Å². The van der Waals surface area contributed by atoms with Crippen LogP contribution in [-0.4, -0.2) is 26.7 Å². The van der Waals surface area contributed by atoms with Gasteiger partial charge in [0.2, 0.25) is 0 Å². The molecule has 0 spiro atoms. The third-order valence-electron chi connectivity index (χ3n) is 2.51. The van der Waals surface area contributed by atoms with E-state index in [1.54, 1.807) is 12.5 Å². The number of aliphatic carboxylic acids is 1. The molecular weight excluding hydrogens is 218 g/mol. The minimum atomic E-state index is -0.983. The quantitative estimate of drug-likeness (QED) is 0.816. The Morgan fingerprint density at radius 2 is 2.12 bits per heavy atom. The molecule has 1 heterocycles. The van der Waals surface area contributed by atoms with Crippen molar-refractivity contribution in [1.82, 2.24) is 9.55 Å². The summed E-state index contributed by atoms with van der Waals surface area (Å²) in [7, 11) is 0. The summed E-state index contributed by atoms with van der Waals surface area (Å²) in [5, 5.41) is 8.71. The molecule has 0 aliphatic rings. The first-order valence-corrected chi connectivity index (χ1v) is 5.22. The Bertz CT molecular complexity index is 491. The summed E-state index contributed by atoms with van der Waals surface area (Å²) in [5.41, 5.74) is 7.35. The Labute approximate surface area is 98.5 Å². The molecule has 5 heteroatoms. The summed E-state index contributed by atoms with van der Waals surface area (Å²) in [4.78, 5) is 14.6. The smallest absolute Gasteiger partial charge is 0.320 e. The Hall–Kier alpha value is -2.14. The molecule has 0 unspecified atom stereocenters. The van der Waals surface area contributed by atoms with Crippen LogP contribution in [0.1, 0.15) is 5.56 Å². The van der Waals surface area contributed by atoms with Gasteiger partial charge in [0.25, 0.3) is 0 Å². The number of rotatable bonds is 4. The molecule has 0 aliphatic carbocycles. The van der Waals surface area contributed by atoms with Crippen molar-refractivity contribution < 1.29 is 9.90 Å². The lowest BCUT2D eigenvalue weighted by Crippen LogP contribution is -2.32. The highest BCUT2D eigenvalue weighted by Crippen LogP contribution is 2.10. The number of carboxylic acid groups (broad SMARTS) is 1. The van der Waals surface area contributed by atoms with Crippen LogP contribution in [-0.2, 0) is 11.2 Å². The van der Waals surface area contributed by atoms with E-state index in [4.69, 9.17) is 10.8 Å². The summed E-state index contributed by atoms with van der Waals surface area (Å²) in [6, 6.07) is 6.71. The van der Waals surface area contributed by atoms with Crippen LogP contribution in [0.5, 0.6) is 0 Å². The molecule has 0 bridgehead atoms. The van der Waals surface area contributed by atoms with Crippen molar-refractivity contribution in [1.29, 1.82) is 0 Å². The number of aromatic nitrogens is 2. The molecule has 1 atom stereocenters. The fourth-order valence-corrected chi connectivity index (χ4v) is 1.56. The van der Waals surface area contributed by atoms with E-state index in [0.29, 0.717) is 6.42 Å². The second-order valence-electron chi connectivity index (χ2n) is 3.79. The molecular formula is C12H13N3O2. The van der Waals surface area contributed by atoms with Crippen molar-refractivity contribution in [3.05, 3.63) is 48.5 Å². The van der Waals surface area contributed by atoms with Gasteiger partial charge in [0.1, 0.15) is 6.04 Å². The number of carbonyl (C=O) groups is 1. The highest BCUT2D eigenvalue weighted by Gasteiger charge is 2.11. The number of hydrogen-bond acceptors (Lipinski definition) is 3. The number of hydrogen-bond donors (Lipinski definition) is 2. The van der Waals surface area contributed by atoms with E-state index in [0.717, 1.165) is 11.3 Å². The molecule has 0 saturated heterocycles. The largest absolute Gasteiger partial charge is 0.480 e. The van der Waals surface area contributed by atoms with Gasteiger partial charge in [-0.15, -0.1) is 0 Å². The summed E-state index contributed by atoms with van der Waals surface area (Å²) in [6.45, 7) is 0. The molecule has 5 nitrogen and oxygen atoms in total. The highest BCUT2D eigenvalue weighted by atomic mass is 16.4. The van der Waals surface area contributed by atoms with E-state index in [9.17, 15) is 4.79 Å². The molecule has 0 fully saturated rings. The fraction of sp³-hybridized carbons (Fsp3) is 0.167. The topological polar surface area (TPSA) is 81.1 Å². The zero-order valence-electron chi connectivity index (χ0n) is 9.15. The lowest BCUT2D eigenvalue weighted by atomic mass is 10.1. The zero-order valence-corrected chi connectivity index (χ0v) is 9.15. The van der Waals surface area contributed by atoms with E-state index in [2.05, 4.69) is 4.98 Å². The summed E-state index contributed by atoms with van der Waals surface area (Å²) in [5.74, 6) is -0.983. The van der Waals surface area contributed by atoms with E-state index < -0.39 is 12.0 Å². The molecule has 1 aromatic carbocycles. The minimum absolute atomic E-state index is 0.333. The van der Waals surface area contributed by atoms with Crippen LogP contribution < -0.4 is 5.73 Å². The monoisotopic (exact) mass is 231 g/mol. The normalized spacial score (nSPS) is 12.3. The number of carboxylic acids is 1. The average Bonchev–Trinajstić information content (AvgIpc) is 2.83. The second-order valence-corrected chi connectivity index (χ2v) is 3.79. The maximum atomic E-state index is 10.6. The average molecular weight is 231 g/mol. The van der Waals surface area contributed by atoms with Crippen LogP contribution in [0, 0.1) is 0 Å². The fourth-order valence-electron chi connectivity index (χ4n) is 1.56. The van der Waals surface area contributed by atoms with Gasteiger partial charge >= 0.3 is 5.97 Å². The molecule has 2 rings (SSSR count). The first kappa shape index (κ1) is 11.3. The third-order valence-corrected chi connectivity index (χ3v) is 2.51. The van der Waals surface area contributed by atoms with Gasteiger partial charge in [0.15, 0.2) is 0 Å². The van der Waals surface area contributed by atoms with Crippen LogP contribution in [0.15, 0.2) is 43.0 Å². The second kappa shape index (κ2) is 4.80. The standard InChI is InChI=1S/C12H13N3O2/c13-11(12(16)17)7-9-1-3-10(4-2-9)15-6-5-14-8-15/h1-6,8,11H,7,13H2,(H,16,17)/t11-/m0/s1. The molecule has 3 N–H and O–H groups in total. The Morgan fingerprint density at radius 3 is 2.65 bits per heavy atom. The van der Waals surface area contributed by atoms with Gasteiger partial charge in [-0.3, -0.25) is 4.79 Å². The van der Waals surface area contributed by atoms with E-state index in [-0.39, 0.29) is 0 Å². The van der Waals surface area contributed by atoms with Crippen molar-refractivity contribution in [2.24, 2.45) is 5.73 Å².